The van der Waals surface area contributed by atoms with Gasteiger partial charge in [-0.3, -0.25) is 9.89 Å². The predicted molar refractivity (Wildman–Crippen MR) is 96.8 cm³/mol. The Morgan fingerprint density at radius 1 is 1.16 bits per heavy atom. The number of methoxy groups -OCH3 is 1. The molecule has 3 rings (SSSR count). The van der Waals surface area contributed by atoms with Gasteiger partial charge in [0.2, 0.25) is 0 Å². The number of hydrogen-bond donors (Lipinski definition) is 2. The number of aromatic nitrogens is 2. The van der Waals surface area contributed by atoms with Crippen LogP contribution >= 0.6 is 0 Å². The number of nitrogens with zero attached hydrogens (tertiary/aromatic N) is 2. The van der Waals surface area contributed by atoms with Gasteiger partial charge < -0.3 is 4.74 Å². The van der Waals surface area contributed by atoms with E-state index < -0.39 is 0 Å². The monoisotopic (exact) mass is 334 g/mol. The van der Waals surface area contributed by atoms with Crippen molar-refractivity contribution in [2.45, 2.75) is 6.92 Å². The van der Waals surface area contributed by atoms with Crippen molar-refractivity contribution >= 4 is 12.1 Å². The van der Waals surface area contributed by atoms with E-state index in [2.05, 4.69) is 20.7 Å². The molecular formula is C19H18N4O2. The van der Waals surface area contributed by atoms with Crippen LogP contribution in [0.5, 0.6) is 5.75 Å². The van der Waals surface area contributed by atoms with Gasteiger partial charge >= 0.3 is 0 Å². The molecule has 0 unspecified atom stereocenters. The third kappa shape index (κ3) is 3.74. The zero-order valence-corrected chi connectivity index (χ0v) is 14.0. The predicted octanol–water partition coefficient (Wildman–Crippen LogP) is 3.16. The molecule has 0 aliphatic rings. The molecule has 1 amide bonds. The van der Waals surface area contributed by atoms with Crippen LogP contribution in [0.3, 0.4) is 0 Å². The van der Waals surface area contributed by atoms with E-state index in [0.717, 1.165) is 28.1 Å². The van der Waals surface area contributed by atoms with Gasteiger partial charge in [-0.1, -0.05) is 30.3 Å². The Balaban J connectivity index is 1.69. The Morgan fingerprint density at radius 2 is 1.88 bits per heavy atom. The first-order valence-electron chi connectivity index (χ1n) is 7.77. The highest BCUT2D eigenvalue weighted by molar-refractivity contribution is 5.95. The van der Waals surface area contributed by atoms with Crippen molar-refractivity contribution in [2.75, 3.05) is 7.11 Å². The van der Waals surface area contributed by atoms with Crippen LogP contribution in [0.15, 0.2) is 59.7 Å². The lowest BCUT2D eigenvalue weighted by atomic mass is 10.1. The molecule has 2 N–H and O–H groups in total. The Morgan fingerprint density at radius 3 is 2.56 bits per heavy atom. The molecule has 1 heterocycles. The summed E-state index contributed by atoms with van der Waals surface area (Å²) in [5, 5.41) is 11.0. The standard InChI is InChI=1S/C19H18N4O2/c1-13-17(15-6-4-3-5-7-15)21-22-18(13)19(24)23-20-12-14-8-10-16(25-2)11-9-14/h3-12H,1-2H3,(H,21,22)(H,23,24). The van der Waals surface area contributed by atoms with E-state index in [1.165, 1.54) is 0 Å². The van der Waals surface area contributed by atoms with Crippen molar-refractivity contribution in [3.05, 3.63) is 71.4 Å². The van der Waals surface area contributed by atoms with E-state index >= 15 is 0 Å². The lowest BCUT2D eigenvalue weighted by molar-refractivity contribution is 0.0949. The van der Waals surface area contributed by atoms with Gasteiger partial charge in [-0.25, -0.2) is 5.43 Å². The average Bonchev–Trinajstić information content (AvgIpc) is 3.04. The second-order valence-corrected chi connectivity index (χ2v) is 5.41. The van der Waals surface area contributed by atoms with Crippen molar-refractivity contribution in [1.29, 1.82) is 0 Å². The molecule has 0 bridgehead atoms. The summed E-state index contributed by atoms with van der Waals surface area (Å²) in [5.41, 5.74) is 6.25. The maximum atomic E-state index is 12.3. The van der Waals surface area contributed by atoms with Crippen LogP contribution in [0.25, 0.3) is 11.3 Å². The van der Waals surface area contributed by atoms with E-state index in [9.17, 15) is 4.79 Å². The Hall–Kier alpha value is -3.41. The second-order valence-electron chi connectivity index (χ2n) is 5.41. The van der Waals surface area contributed by atoms with Gasteiger partial charge in [0, 0.05) is 11.1 Å². The van der Waals surface area contributed by atoms with E-state index in [4.69, 9.17) is 4.74 Å². The number of hydrazone groups is 1. The molecule has 0 spiro atoms. The normalized spacial score (nSPS) is 10.8. The number of carbonyl (C=O) groups is 1. The Bertz CT molecular complexity index is 884. The van der Waals surface area contributed by atoms with Gasteiger partial charge in [0.1, 0.15) is 11.4 Å². The highest BCUT2D eigenvalue weighted by Crippen LogP contribution is 2.22. The third-order valence-corrected chi connectivity index (χ3v) is 3.78. The number of amides is 1. The zero-order chi connectivity index (χ0) is 17.6. The number of hydrogen-bond acceptors (Lipinski definition) is 4. The highest BCUT2D eigenvalue weighted by Gasteiger charge is 2.16. The summed E-state index contributed by atoms with van der Waals surface area (Å²) in [6.07, 6.45) is 1.57. The van der Waals surface area contributed by atoms with Crippen LogP contribution in [0.1, 0.15) is 21.6 Å². The van der Waals surface area contributed by atoms with Gasteiger partial charge in [-0.15, -0.1) is 0 Å². The Labute approximate surface area is 145 Å². The number of rotatable bonds is 5. The Kier molecular flexibility index (Phi) is 4.89. The quantitative estimate of drug-likeness (QED) is 0.556. The molecule has 6 nitrogen and oxygen atoms in total. The summed E-state index contributed by atoms with van der Waals surface area (Å²) in [4.78, 5) is 12.3. The minimum absolute atomic E-state index is 0.336. The molecule has 6 heteroatoms. The summed E-state index contributed by atoms with van der Waals surface area (Å²) in [6.45, 7) is 1.86. The summed E-state index contributed by atoms with van der Waals surface area (Å²) < 4.78 is 5.10. The molecule has 0 saturated carbocycles. The highest BCUT2D eigenvalue weighted by atomic mass is 16.5. The zero-order valence-electron chi connectivity index (χ0n) is 14.0. The van der Waals surface area contributed by atoms with Crippen LogP contribution in [0.2, 0.25) is 0 Å². The first-order chi connectivity index (χ1) is 12.2. The maximum absolute atomic E-state index is 12.3. The van der Waals surface area contributed by atoms with Gasteiger partial charge in [0.15, 0.2) is 0 Å². The molecule has 0 radical (unpaired) electrons. The fourth-order valence-electron chi connectivity index (χ4n) is 2.41. The van der Waals surface area contributed by atoms with Crippen LogP contribution in [0, 0.1) is 6.92 Å². The lowest BCUT2D eigenvalue weighted by Crippen LogP contribution is -2.19. The minimum Gasteiger partial charge on any atom is -0.497 e. The van der Waals surface area contributed by atoms with Crippen molar-refractivity contribution in [3.8, 4) is 17.0 Å². The fourth-order valence-corrected chi connectivity index (χ4v) is 2.41. The van der Waals surface area contributed by atoms with Crippen LogP contribution < -0.4 is 10.2 Å². The molecule has 1 aromatic heterocycles. The van der Waals surface area contributed by atoms with Gasteiger partial charge in [0.05, 0.1) is 19.0 Å². The molecule has 2 aromatic carbocycles. The molecule has 0 aliphatic carbocycles. The number of aromatic amines is 1. The topological polar surface area (TPSA) is 79.4 Å². The largest absolute Gasteiger partial charge is 0.497 e. The number of nitrogens with one attached hydrogen (secondary N) is 2. The SMILES string of the molecule is COc1ccc(C=NNC(=O)c2[nH]nc(-c3ccccc3)c2C)cc1. The second kappa shape index (κ2) is 7.44. The fraction of sp³-hybridized carbons (Fsp3) is 0.105. The van der Waals surface area contributed by atoms with Crippen LogP contribution in [-0.2, 0) is 0 Å². The molecule has 0 atom stereocenters. The number of ether oxygens (including phenoxy) is 1. The van der Waals surface area contributed by atoms with Crippen molar-refractivity contribution in [1.82, 2.24) is 15.6 Å². The summed E-state index contributed by atoms with van der Waals surface area (Å²) in [5.74, 6) is 0.430. The average molecular weight is 334 g/mol. The first kappa shape index (κ1) is 16.4. The first-order valence-corrected chi connectivity index (χ1v) is 7.77. The third-order valence-electron chi connectivity index (χ3n) is 3.78. The van der Waals surface area contributed by atoms with Crippen LogP contribution in [0.4, 0.5) is 0 Å². The molecule has 3 aromatic rings. The molecule has 0 fully saturated rings. The van der Waals surface area contributed by atoms with E-state index in [-0.39, 0.29) is 5.91 Å². The van der Waals surface area contributed by atoms with Gasteiger partial charge in [-0.05, 0) is 36.8 Å². The number of carbonyl (C=O) groups excluding carboxylic acids is 1. The minimum atomic E-state index is -0.336. The molecule has 25 heavy (non-hydrogen) atoms. The van der Waals surface area contributed by atoms with E-state index in [1.807, 2.05) is 61.5 Å². The van der Waals surface area contributed by atoms with Gasteiger partial charge in [-0.2, -0.15) is 10.2 Å². The molecule has 0 saturated heterocycles. The maximum Gasteiger partial charge on any atom is 0.289 e. The number of benzene rings is 2. The van der Waals surface area contributed by atoms with Crippen molar-refractivity contribution < 1.29 is 9.53 Å². The van der Waals surface area contributed by atoms with Crippen molar-refractivity contribution in [3.63, 3.8) is 0 Å². The summed E-state index contributed by atoms with van der Waals surface area (Å²) >= 11 is 0. The van der Waals surface area contributed by atoms with Crippen LogP contribution in [-0.4, -0.2) is 29.4 Å². The van der Waals surface area contributed by atoms with Gasteiger partial charge in [0.25, 0.3) is 5.91 Å². The van der Waals surface area contributed by atoms with E-state index in [0.29, 0.717) is 5.69 Å². The molecular weight excluding hydrogens is 316 g/mol. The smallest absolute Gasteiger partial charge is 0.289 e. The summed E-state index contributed by atoms with van der Waals surface area (Å²) in [7, 11) is 1.61. The molecule has 0 aliphatic heterocycles. The molecule has 126 valence electrons. The van der Waals surface area contributed by atoms with Crippen molar-refractivity contribution in [2.24, 2.45) is 5.10 Å². The van der Waals surface area contributed by atoms with E-state index in [1.54, 1.807) is 13.3 Å². The lowest BCUT2D eigenvalue weighted by Gasteiger charge is -2.01. The number of H-pyrrole nitrogens is 1. The summed E-state index contributed by atoms with van der Waals surface area (Å²) in [6, 6.07) is 17.1.